The Morgan fingerprint density at radius 2 is 1.69 bits per heavy atom. The van der Waals surface area contributed by atoms with Gasteiger partial charge < -0.3 is 10.2 Å². The monoisotopic (exact) mass is 226 g/mol. The molecule has 0 radical (unpaired) electrons. The highest BCUT2D eigenvalue weighted by Gasteiger charge is 2.51. The van der Waals surface area contributed by atoms with Gasteiger partial charge in [-0.3, -0.25) is 9.59 Å². The molecule has 1 rings (SSSR count). The maximum atomic E-state index is 11.3. The third kappa shape index (κ3) is 2.10. The summed E-state index contributed by atoms with van der Waals surface area (Å²) in [6.07, 6.45) is 5.69. The topological polar surface area (TPSA) is 74.6 Å². The lowest BCUT2D eigenvalue weighted by Crippen LogP contribution is -2.46. The molecule has 2 N–H and O–H groups in total. The van der Waals surface area contributed by atoms with Gasteiger partial charge in [-0.05, 0) is 25.2 Å². The molecule has 0 aromatic heterocycles. The Morgan fingerprint density at radius 1 is 1.19 bits per heavy atom. The second kappa shape index (κ2) is 5.14. The second-order valence-corrected chi connectivity index (χ2v) is 4.41. The first-order valence-corrected chi connectivity index (χ1v) is 5.63. The van der Waals surface area contributed by atoms with E-state index in [4.69, 9.17) is 0 Å². The SMILES string of the molecule is C=CCC(C(=O)O)(C(=O)O)C1CCCCC1. The molecular formula is C12H18O4. The maximum absolute atomic E-state index is 11.3. The normalized spacial score (nSPS) is 18.0. The highest BCUT2D eigenvalue weighted by Crippen LogP contribution is 2.42. The molecule has 0 bridgehead atoms. The first-order valence-electron chi connectivity index (χ1n) is 5.63. The lowest BCUT2D eigenvalue weighted by Gasteiger charge is -2.35. The standard InChI is InChI=1S/C12H18O4/c1-2-8-12(10(13)14,11(15)16)9-6-4-3-5-7-9/h2,9H,1,3-8H2,(H,13,14)(H,15,16). The average molecular weight is 226 g/mol. The fraction of sp³-hybridized carbons (Fsp3) is 0.667. The van der Waals surface area contributed by atoms with Gasteiger partial charge in [0.05, 0.1) is 0 Å². The van der Waals surface area contributed by atoms with Crippen LogP contribution in [-0.2, 0) is 9.59 Å². The van der Waals surface area contributed by atoms with Crippen molar-refractivity contribution < 1.29 is 19.8 Å². The summed E-state index contributed by atoms with van der Waals surface area (Å²) in [6, 6.07) is 0. The minimum atomic E-state index is -1.66. The number of aliphatic carboxylic acids is 2. The van der Waals surface area contributed by atoms with Crippen molar-refractivity contribution in [2.24, 2.45) is 11.3 Å². The molecule has 0 spiro atoms. The maximum Gasteiger partial charge on any atom is 0.321 e. The molecule has 0 saturated heterocycles. The van der Waals surface area contributed by atoms with Crippen LogP contribution in [0.15, 0.2) is 12.7 Å². The van der Waals surface area contributed by atoms with Crippen molar-refractivity contribution in [2.45, 2.75) is 38.5 Å². The molecule has 90 valence electrons. The molecule has 1 aliphatic rings. The van der Waals surface area contributed by atoms with Gasteiger partial charge in [-0.25, -0.2) is 0 Å². The zero-order valence-corrected chi connectivity index (χ0v) is 9.32. The molecule has 4 heteroatoms. The number of carbonyl (C=O) groups is 2. The van der Waals surface area contributed by atoms with Crippen LogP contribution >= 0.6 is 0 Å². The third-order valence-electron chi connectivity index (χ3n) is 3.53. The van der Waals surface area contributed by atoms with E-state index in [-0.39, 0.29) is 12.3 Å². The van der Waals surface area contributed by atoms with E-state index in [9.17, 15) is 19.8 Å². The summed E-state index contributed by atoms with van der Waals surface area (Å²) in [6.45, 7) is 3.48. The van der Waals surface area contributed by atoms with E-state index in [0.29, 0.717) is 12.8 Å². The molecular weight excluding hydrogens is 208 g/mol. The Bertz CT molecular complexity index is 275. The largest absolute Gasteiger partial charge is 0.480 e. The van der Waals surface area contributed by atoms with E-state index in [1.807, 2.05) is 0 Å². The highest BCUT2D eigenvalue weighted by molar-refractivity contribution is 5.98. The molecule has 1 fully saturated rings. The summed E-state index contributed by atoms with van der Waals surface area (Å²) < 4.78 is 0. The van der Waals surface area contributed by atoms with Crippen molar-refractivity contribution in [1.82, 2.24) is 0 Å². The van der Waals surface area contributed by atoms with E-state index in [1.165, 1.54) is 6.08 Å². The quantitative estimate of drug-likeness (QED) is 0.557. The number of hydrogen-bond donors (Lipinski definition) is 2. The number of rotatable bonds is 5. The van der Waals surface area contributed by atoms with Crippen LogP contribution in [0.2, 0.25) is 0 Å². The third-order valence-corrected chi connectivity index (χ3v) is 3.53. The number of carboxylic acid groups (broad SMARTS) is 2. The van der Waals surface area contributed by atoms with Crippen molar-refractivity contribution in [3.05, 3.63) is 12.7 Å². The summed E-state index contributed by atoms with van der Waals surface area (Å²) in [5.74, 6) is -2.73. The van der Waals surface area contributed by atoms with Gasteiger partial charge in [-0.1, -0.05) is 25.3 Å². The van der Waals surface area contributed by atoms with Crippen LogP contribution in [0.4, 0.5) is 0 Å². The summed E-state index contributed by atoms with van der Waals surface area (Å²) in [4.78, 5) is 22.6. The zero-order chi connectivity index (χ0) is 12.2. The van der Waals surface area contributed by atoms with Crippen LogP contribution in [0.5, 0.6) is 0 Å². The number of hydrogen-bond acceptors (Lipinski definition) is 2. The van der Waals surface area contributed by atoms with E-state index < -0.39 is 17.4 Å². The van der Waals surface area contributed by atoms with E-state index in [0.717, 1.165) is 19.3 Å². The summed E-state index contributed by atoms with van der Waals surface area (Å²) in [5.41, 5.74) is -1.66. The highest BCUT2D eigenvalue weighted by atomic mass is 16.4. The molecule has 1 saturated carbocycles. The van der Waals surface area contributed by atoms with Crippen LogP contribution in [-0.4, -0.2) is 22.2 Å². The van der Waals surface area contributed by atoms with Crippen molar-refractivity contribution in [1.29, 1.82) is 0 Å². The van der Waals surface area contributed by atoms with Crippen LogP contribution in [0.25, 0.3) is 0 Å². The van der Waals surface area contributed by atoms with Gasteiger partial charge in [0.25, 0.3) is 0 Å². The van der Waals surface area contributed by atoms with Crippen molar-refractivity contribution >= 4 is 11.9 Å². The molecule has 0 atom stereocenters. The van der Waals surface area contributed by atoms with Gasteiger partial charge in [0.15, 0.2) is 5.41 Å². The minimum Gasteiger partial charge on any atom is -0.480 e. The lowest BCUT2D eigenvalue weighted by molar-refractivity contribution is -0.170. The van der Waals surface area contributed by atoms with E-state index >= 15 is 0 Å². The van der Waals surface area contributed by atoms with Crippen molar-refractivity contribution in [3.63, 3.8) is 0 Å². The first-order chi connectivity index (χ1) is 7.55. The molecule has 0 aromatic carbocycles. The smallest absolute Gasteiger partial charge is 0.321 e. The fourth-order valence-electron chi connectivity index (χ4n) is 2.61. The summed E-state index contributed by atoms with van der Waals surface area (Å²) in [7, 11) is 0. The van der Waals surface area contributed by atoms with E-state index in [1.54, 1.807) is 0 Å². The van der Waals surface area contributed by atoms with Crippen LogP contribution < -0.4 is 0 Å². The van der Waals surface area contributed by atoms with Gasteiger partial charge in [0, 0.05) is 0 Å². The van der Waals surface area contributed by atoms with Crippen LogP contribution in [0, 0.1) is 11.3 Å². The summed E-state index contributed by atoms with van der Waals surface area (Å²) >= 11 is 0. The Hall–Kier alpha value is -1.32. The Morgan fingerprint density at radius 3 is 2.06 bits per heavy atom. The second-order valence-electron chi connectivity index (χ2n) is 4.41. The number of carboxylic acids is 2. The zero-order valence-electron chi connectivity index (χ0n) is 9.32. The summed E-state index contributed by atoms with van der Waals surface area (Å²) in [5, 5.41) is 18.5. The van der Waals surface area contributed by atoms with Gasteiger partial charge >= 0.3 is 11.9 Å². The Labute approximate surface area is 95.0 Å². The Balaban J connectivity index is 3.03. The number of allylic oxidation sites excluding steroid dienone is 1. The fourth-order valence-corrected chi connectivity index (χ4v) is 2.61. The Kier molecular flexibility index (Phi) is 4.10. The van der Waals surface area contributed by atoms with Crippen LogP contribution in [0.1, 0.15) is 38.5 Å². The molecule has 0 unspecified atom stereocenters. The van der Waals surface area contributed by atoms with Crippen LogP contribution in [0.3, 0.4) is 0 Å². The van der Waals surface area contributed by atoms with Gasteiger partial charge in [-0.2, -0.15) is 0 Å². The van der Waals surface area contributed by atoms with Gasteiger partial charge in [-0.15, -0.1) is 6.58 Å². The molecule has 1 aliphatic carbocycles. The van der Waals surface area contributed by atoms with Crippen molar-refractivity contribution in [2.75, 3.05) is 0 Å². The molecule has 16 heavy (non-hydrogen) atoms. The predicted molar refractivity (Wildman–Crippen MR) is 59.1 cm³/mol. The molecule has 0 aromatic rings. The molecule has 0 amide bonds. The van der Waals surface area contributed by atoms with Crippen molar-refractivity contribution in [3.8, 4) is 0 Å². The minimum absolute atomic E-state index is 0.00231. The first kappa shape index (κ1) is 12.7. The average Bonchev–Trinajstić information content (AvgIpc) is 2.26. The van der Waals surface area contributed by atoms with Gasteiger partial charge in [0.2, 0.25) is 0 Å². The van der Waals surface area contributed by atoms with Gasteiger partial charge in [0.1, 0.15) is 0 Å². The predicted octanol–water partition coefficient (Wildman–Crippen LogP) is 2.30. The van der Waals surface area contributed by atoms with E-state index in [2.05, 4.69) is 6.58 Å². The molecule has 0 aliphatic heterocycles. The molecule has 0 heterocycles. The lowest BCUT2D eigenvalue weighted by atomic mass is 9.67. The molecule has 4 nitrogen and oxygen atoms in total.